The Morgan fingerprint density at radius 2 is 2.38 bits per heavy atom. The quantitative estimate of drug-likeness (QED) is 0.668. The summed E-state index contributed by atoms with van der Waals surface area (Å²) in [5.74, 6) is 0.513. The fourth-order valence-corrected chi connectivity index (χ4v) is 1.54. The van der Waals surface area contributed by atoms with Crippen LogP contribution >= 0.6 is 0 Å². The number of aromatic nitrogens is 2. The summed E-state index contributed by atoms with van der Waals surface area (Å²) in [6, 6.07) is 0. The zero-order valence-corrected chi connectivity index (χ0v) is 9.57. The first-order valence-corrected chi connectivity index (χ1v) is 5.71. The summed E-state index contributed by atoms with van der Waals surface area (Å²) in [5.41, 5.74) is 1.15. The largest absolute Gasteiger partial charge is 0.355 e. The first-order valence-electron chi connectivity index (χ1n) is 5.71. The number of hydrogen-bond acceptors (Lipinski definition) is 3. The second kappa shape index (κ2) is 5.12. The van der Waals surface area contributed by atoms with E-state index in [1.165, 1.54) is 0 Å². The highest BCUT2D eigenvalue weighted by molar-refractivity contribution is 5.80. The predicted molar refractivity (Wildman–Crippen MR) is 60.6 cm³/mol. The summed E-state index contributed by atoms with van der Waals surface area (Å²) in [6.07, 6.45) is 5.75. The molecular formula is C11H18N4O. The summed E-state index contributed by atoms with van der Waals surface area (Å²) in [6.45, 7) is 2.28. The lowest BCUT2D eigenvalue weighted by atomic mass is 10.4. The van der Waals surface area contributed by atoms with Crippen molar-refractivity contribution in [1.29, 1.82) is 0 Å². The Kier molecular flexibility index (Phi) is 3.56. The molecule has 5 heteroatoms. The van der Waals surface area contributed by atoms with Crippen molar-refractivity contribution in [2.75, 3.05) is 13.1 Å². The number of hydrogen-bond donors (Lipinski definition) is 2. The molecule has 1 aliphatic rings. The molecule has 16 heavy (non-hydrogen) atoms. The molecular weight excluding hydrogens is 204 g/mol. The van der Waals surface area contributed by atoms with Gasteiger partial charge in [0, 0.05) is 38.8 Å². The minimum atomic E-state index is 0.210. The lowest BCUT2D eigenvalue weighted by molar-refractivity contribution is -0.122. The van der Waals surface area contributed by atoms with Gasteiger partial charge in [-0.2, -0.15) is 0 Å². The molecule has 0 saturated heterocycles. The van der Waals surface area contributed by atoms with Gasteiger partial charge >= 0.3 is 0 Å². The van der Waals surface area contributed by atoms with Gasteiger partial charge < -0.3 is 15.2 Å². The van der Waals surface area contributed by atoms with Crippen LogP contribution in [0.2, 0.25) is 0 Å². The van der Waals surface area contributed by atoms with Gasteiger partial charge in [0.25, 0.3) is 0 Å². The van der Waals surface area contributed by atoms with Gasteiger partial charge in [0.2, 0.25) is 5.91 Å². The number of amides is 1. The van der Waals surface area contributed by atoms with Crippen LogP contribution in [0.5, 0.6) is 0 Å². The van der Waals surface area contributed by atoms with Crippen LogP contribution in [-0.4, -0.2) is 28.5 Å². The number of carbonyl (C=O) groups excluding carboxylic acids is 1. The Hall–Kier alpha value is -1.36. The van der Waals surface area contributed by atoms with Crippen molar-refractivity contribution in [3.63, 3.8) is 0 Å². The molecule has 0 bridgehead atoms. The molecule has 0 atom stereocenters. The third kappa shape index (κ3) is 3.06. The molecule has 1 amide bonds. The van der Waals surface area contributed by atoms with E-state index in [-0.39, 0.29) is 5.91 Å². The molecule has 2 N–H and O–H groups in total. The maximum Gasteiger partial charge on any atom is 0.223 e. The van der Waals surface area contributed by atoms with Gasteiger partial charge in [-0.3, -0.25) is 4.79 Å². The van der Waals surface area contributed by atoms with Crippen LogP contribution in [0.1, 0.15) is 18.5 Å². The molecule has 0 radical (unpaired) electrons. The number of aryl methyl sites for hydroxylation is 1. The highest BCUT2D eigenvalue weighted by Crippen LogP contribution is 2.28. The fraction of sp³-hybridized carbons (Fsp3) is 0.636. The van der Waals surface area contributed by atoms with Crippen LogP contribution in [0.3, 0.4) is 0 Å². The van der Waals surface area contributed by atoms with Gasteiger partial charge in [-0.05, 0) is 12.8 Å². The summed E-state index contributed by atoms with van der Waals surface area (Å²) in [4.78, 5) is 15.3. The van der Waals surface area contributed by atoms with E-state index in [2.05, 4.69) is 15.6 Å². The lowest BCUT2D eigenvalue weighted by Gasteiger charge is -2.06. The van der Waals surface area contributed by atoms with Crippen molar-refractivity contribution in [3.05, 3.63) is 18.2 Å². The first-order chi connectivity index (χ1) is 7.77. The second-order valence-corrected chi connectivity index (χ2v) is 4.24. The summed E-state index contributed by atoms with van der Waals surface area (Å²) >= 11 is 0. The number of nitrogens with zero attached hydrogens (tertiary/aromatic N) is 2. The Morgan fingerprint density at radius 3 is 3.00 bits per heavy atom. The van der Waals surface area contributed by atoms with Crippen LogP contribution in [0.4, 0.5) is 0 Å². The Morgan fingerprint density at radius 1 is 1.56 bits per heavy atom. The second-order valence-electron chi connectivity index (χ2n) is 4.24. The maximum absolute atomic E-state index is 11.3. The van der Waals surface area contributed by atoms with Crippen LogP contribution in [0.25, 0.3) is 0 Å². The zero-order valence-electron chi connectivity index (χ0n) is 9.57. The molecule has 1 aliphatic carbocycles. The monoisotopic (exact) mass is 222 g/mol. The molecule has 0 unspecified atom stereocenters. The smallest absolute Gasteiger partial charge is 0.223 e. The van der Waals surface area contributed by atoms with Gasteiger partial charge in [0.15, 0.2) is 0 Å². The van der Waals surface area contributed by atoms with E-state index in [1.807, 2.05) is 17.8 Å². The van der Waals surface area contributed by atoms with E-state index in [0.29, 0.717) is 12.5 Å². The minimum Gasteiger partial charge on any atom is -0.355 e. The van der Waals surface area contributed by atoms with Crippen LogP contribution in [-0.2, 0) is 18.4 Å². The Balaban J connectivity index is 1.55. The lowest BCUT2D eigenvalue weighted by Crippen LogP contribution is -2.32. The standard InChI is InChI=1S/C11H18N4O/c1-15-8-13-7-10(15)6-12-4-5-14-11(16)9-2-3-9/h7-9,12H,2-6H2,1H3,(H,14,16). The molecule has 2 rings (SSSR count). The summed E-state index contributed by atoms with van der Waals surface area (Å²) in [7, 11) is 1.97. The van der Waals surface area contributed by atoms with E-state index in [1.54, 1.807) is 6.33 Å². The van der Waals surface area contributed by atoms with Crippen molar-refractivity contribution in [2.24, 2.45) is 13.0 Å². The fourth-order valence-electron chi connectivity index (χ4n) is 1.54. The van der Waals surface area contributed by atoms with Crippen molar-refractivity contribution >= 4 is 5.91 Å². The van der Waals surface area contributed by atoms with Crippen molar-refractivity contribution in [1.82, 2.24) is 20.2 Å². The topological polar surface area (TPSA) is 59.0 Å². The van der Waals surface area contributed by atoms with Gasteiger partial charge in [-0.15, -0.1) is 0 Å². The first kappa shape index (κ1) is 11.1. The van der Waals surface area contributed by atoms with Crippen LogP contribution in [0, 0.1) is 5.92 Å². The molecule has 1 heterocycles. The number of rotatable bonds is 6. The summed E-state index contributed by atoms with van der Waals surface area (Å²) in [5, 5.41) is 6.18. The average Bonchev–Trinajstić information content (AvgIpc) is 3.04. The Bertz CT molecular complexity index is 357. The van der Waals surface area contributed by atoms with E-state index in [9.17, 15) is 4.79 Å². The van der Waals surface area contributed by atoms with E-state index >= 15 is 0 Å². The maximum atomic E-state index is 11.3. The average molecular weight is 222 g/mol. The molecule has 1 aromatic heterocycles. The van der Waals surface area contributed by atoms with Crippen molar-refractivity contribution in [3.8, 4) is 0 Å². The van der Waals surface area contributed by atoms with Gasteiger partial charge in [0.05, 0.1) is 12.0 Å². The third-order valence-corrected chi connectivity index (χ3v) is 2.77. The predicted octanol–water partition coefficient (Wildman–Crippen LogP) is 0.0359. The molecule has 88 valence electrons. The number of carbonyl (C=O) groups is 1. The molecule has 0 aromatic carbocycles. The minimum absolute atomic E-state index is 0.210. The highest BCUT2D eigenvalue weighted by Gasteiger charge is 2.28. The number of nitrogens with one attached hydrogen (secondary N) is 2. The number of imidazole rings is 1. The van der Waals surface area contributed by atoms with Gasteiger partial charge in [-0.25, -0.2) is 4.98 Å². The zero-order chi connectivity index (χ0) is 11.4. The van der Waals surface area contributed by atoms with Crippen molar-refractivity contribution < 1.29 is 4.79 Å². The molecule has 5 nitrogen and oxygen atoms in total. The van der Waals surface area contributed by atoms with E-state index in [0.717, 1.165) is 31.6 Å². The highest BCUT2D eigenvalue weighted by atomic mass is 16.2. The normalized spacial score (nSPS) is 15.1. The van der Waals surface area contributed by atoms with Crippen LogP contribution < -0.4 is 10.6 Å². The van der Waals surface area contributed by atoms with Crippen LogP contribution in [0.15, 0.2) is 12.5 Å². The molecule has 1 saturated carbocycles. The molecule has 1 aromatic rings. The third-order valence-electron chi connectivity index (χ3n) is 2.77. The SMILES string of the molecule is Cn1cncc1CNCCNC(=O)C1CC1. The van der Waals surface area contributed by atoms with Gasteiger partial charge in [0.1, 0.15) is 0 Å². The molecule has 0 aliphatic heterocycles. The van der Waals surface area contributed by atoms with E-state index < -0.39 is 0 Å². The Labute approximate surface area is 95.2 Å². The van der Waals surface area contributed by atoms with Gasteiger partial charge in [-0.1, -0.05) is 0 Å². The molecule has 0 spiro atoms. The van der Waals surface area contributed by atoms with Crippen molar-refractivity contribution in [2.45, 2.75) is 19.4 Å². The molecule has 1 fully saturated rings. The van der Waals surface area contributed by atoms with E-state index in [4.69, 9.17) is 0 Å². The summed E-state index contributed by atoms with van der Waals surface area (Å²) < 4.78 is 1.98.